The van der Waals surface area contributed by atoms with Gasteiger partial charge in [-0.1, -0.05) is 65.7 Å². The summed E-state index contributed by atoms with van der Waals surface area (Å²) < 4.78 is 0. The van der Waals surface area contributed by atoms with Gasteiger partial charge in [-0.05, 0) is 42.3 Å². The number of pyridine rings is 1. The lowest BCUT2D eigenvalue weighted by Crippen LogP contribution is -2.25. The predicted octanol–water partition coefficient (Wildman–Crippen LogP) is 5.61. The zero-order chi connectivity index (χ0) is 25.2. The van der Waals surface area contributed by atoms with Gasteiger partial charge in [-0.25, -0.2) is 9.99 Å². The zero-order valence-electron chi connectivity index (χ0n) is 19.1. The first-order valence-corrected chi connectivity index (χ1v) is 11.5. The highest BCUT2D eigenvalue weighted by atomic mass is 35.5. The van der Waals surface area contributed by atoms with Crippen molar-refractivity contribution in [2.75, 3.05) is 0 Å². The first-order chi connectivity index (χ1) is 17.4. The number of nitrogens with one attached hydrogen (secondary N) is 1. The van der Waals surface area contributed by atoms with E-state index in [2.05, 4.69) is 15.4 Å². The number of hydrogen-bond acceptors (Lipinski definition) is 6. The third kappa shape index (κ3) is 4.67. The zero-order valence-corrected chi connectivity index (χ0v) is 19.9. The Morgan fingerprint density at radius 2 is 1.89 bits per heavy atom. The summed E-state index contributed by atoms with van der Waals surface area (Å²) in [5.74, 6) is -0.382. The number of hydrogen-bond donors (Lipinski definition) is 1. The second-order valence-corrected chi connectivity index (χ2v) is 8.68. The molecule has 5 rings (SSSR count). The van der Waals surface area contributed by atoms with E-state index in [0.29, 0.717) is 11.1 Å². The van der Waals surface area contributed by atoms with Gasteiger partial charge in [0.05, 0.1) is 16.7 Å². The number of fused-ring (bicyclic) bond motifs is 1. The van der Waals surface area contributed by atoms with Crippen LogP contribution in [0.2, 0.25) is 5.15 Å². The largest absolute Gasteiger partial charge is 0.355 e. The molecule has 8 nitrogen and oxygen atoms in total. The molecule has 2 heterocycles. The molecule has 1 saturated heterocycles. The second-order valence-electron chi connectivity index (χ2n) is 8.33. The molecule has 1 N–H and O–H groups in total. The minimum Gasteiger partial charge on any atom is -0.355 e. The molecule has 0 radical (unpaired) electrons. The van der Waals surface area contributed by atoms with Crippen molar-refractivity contribution in [3.8, 4) is 0 Å². The summed E-state index contributed by atoms with van der Waals surface area (Å²) in [6.45, 7) is 2.00. The van der Waals surface area contributed by atoms with Crippen LogP contribution in [-0.2, 0) is 4.79 Å². The Bertz CT molecular complexity index is 1550. The van der Waals surface area contributed by atoms with Gasteiger partial charge in [-0.3, -0.25) is 14.9 Å². The summed E-state index contributed by atoms with van der Waals surface area (Å²) in [5, 5.41) is 21.4. The standard InChI is InChI=1S/C27H20ClN5O3/c1-17-10-11-23-20(12-17)15-21(25(28)30-23)16-29-32-26(19-7-3-2-4-8-19)31-24(27(32)34)14-18-6-5-9-22(13-18)33(35)36/h2-16,26,31H,1H3. The van der Waals surface area contributed by atoms with Crippen molar-refractivity contribution in [2.45, 2.75) is 13.1 Å². The highest BCUT2D eigenvalue weighted by molar-refractivity contribution is 6.32. The molecule has 1 atom stereocenters. The van der Waals surface area contributed by atoms with Gasteiger partial charge in [-0.15, -0.1) is 0 Å². The molecule has 1 fully saturated rings. The van der Waals surface area contributed by atoms with Crippen LogP contribution in [0, 0.1) is 17.0 Å². The minimum absolute atomic E-state index is 0.0574. The Labute approximate surface area is 211 Å². The molecule has 1 aliphatic heterocycles. The SMILES string of the molecule is Cc1ccc2nc(Cl)c(C=NN3C(=O)C(=Cc4cccc([N+](=O)[O-])c4)NC3c3ccccc3)cc2c1. The Hall–Kier alpha value is -4.56. The lowest BCUT2D eigenvalue weighted by molar-refractivity contribution is -0.384. The van der Waals surface area contributed by atoms with Gasteiger partial charge >= 0.3 is 0 Å². The number of nitro benzene ring substituents is 1. The fourth-order valence-electron chi connectivity index (χ4n) is 3.99. The predicted molar refractivity (Wildman–Crippen MR) is 139 cm³/mol. The average molecular weight is 498 g/mol. The fourth-order valence-corrected chi connectivity index (χ4v) is 4.19. The third-order valence-corrected chi connectivity index (χ3v) is 6.06. The molecular weight excluding hydrogens is 478 g/mol. The number of carbonyl (C=O) groups is 1. The first kappa shape index (κ1) is 23.2. The molecule has 1 aromatic heterocycles. The van der Waals surface area contributed by atoms with E-state index in [0.717, 1.165) is 22.0 Å². The van der Waals surface area contributed by atoms with Gasteiger partial charge in [0.25, 0.3) is 11.6 Å². The maximum absolute atomic E-state index is 13.4. The molecule has 0 aliphatic carbocycles. The molecule has 3 aromatic carbocycles. The number of carbonyl (C=O) groups excluding carboxylic acids is 1. The van der Waals surface area contributed by atoms with Gasteiger partial charge in [0.15, 0.2) is 6.17 Å². The topological polar surface area (TPSA) is 101 Å². The van der Waals surface area contributed by atoms with Crippen molar-refractivity contribution < 1.29 is 9.72 Å². The molecule has 36 heavy (non-hydrogen) atoms. The molecule has 4 aromatic rings. The number of amides is 1. The molecule has 1 unspecified atom stereocenters. The minimum atomic E-state index is -0.575. The van der Waals surface area contributed by atoms with Gasteiger partial charge in [0.1, 0.15) is 10.9 Å². The number of non-ortho nitro benzene ring substituents is 1. The number of benzene rings is 3. The van der Waals surface area contributed by atoms with Gasteiger partial charge < -0.3 is 5.32 Å². The smallest absolute Gasteiger partial charge is 0.292 e. The maximum Gasteiger partial charge on any atom is 0.292 e. The van der Waals surface area contributed by atoms with Gasteiger partial charge in [-0.2, -0.15) is 5.10 Å². The Kier molecular flexibility index (Phi) is 6.18. The normalized spacial score (nSPS) is 16.7. The molecule has 9 heteroatoms. The van der Waals surface area contributed by atoms with Crippen LogP contribution in [0.4, 0.5) is 5.69 Å². The summed E-state index contributed by atoms with van der Waals surface area (Å²) >= 11 is 6.41. The van der Waals surface area contributed by atoms with Crippen LogP contribution in [0.3, 0.4) is 0 Å². The summed E-state index contributed by atoms with van der Waals surface area (Å²) in [4.78, 5) is 28.5. The van der Waals surface area contributed by atoms with E-state index in [-0.39, 0.29) is 22.4 Å². The highest BCUT2D eigenvalue weighted by Gasteiger charge is 2.36. The van der Waals surface area contributed by atoms with Gasteiger partial charge in [0, 0.05) is 23.1 Å². The van der Waals surface area contributed by atoms with Crippen molar-refractivity contribution in [3.63, 3.8) is 0 Å². The number of rotatable bonds is 5. The summed E-state index contributed by atoms with van der Waals surface area (Å²) in [5.41, 5.74) is 3.99. The number of aryl methyl sites for hydroxylation is 1. The molecular formula is C27H20ClN5O3. The Balaban J connectivity index is 1.52. The molecule has 1 amide bonds. The van der Waals surface area contributed by atoms with E-state index in [4.69, 9.17) is 11.6 Å². The quantitative estimate of drug-likeness (QED) is 0.127. The summed E-state index contributed by atoms with van der Waals surface area (Å²) in [6, 6.07) is 23.2. The molecule has 0 spiro atoms. The van der Waals surface area contributed by atoms with Gasteiger partial charge in [0.2, 0.25) is 0 Å². The third-order valence-electron chi connectivity index (χ3n) is 5.75. The molecule has 0 bridgehead atoms. The molecule has 178 valence electrons. The lowest BCUT2D eigenvalue weighted by Gasteiger charge is -2.19. The monoisotopic (exact) mass is 497 g/mol. The van der Waals surface area contributed by atoms with Crippen LogP contribution in [-0.4, -0.2) is 27.0 Å². The first-order valence-electron chi connectivity index (χ1n) is 11.1. The summed E-state index contributed by atoms with van der Waals surface area (Å²) in [7, 11) is 0. The van der Waals surface area contributed by atoms with Crippen LogP contribution < -0.4 is 5.32 Å². The van der Waals surface area contributed by atoms with E-state index in [1.165, 1.54) is 23.4 Å². The molecule has 1 aliphatic rings. The number of hydrazone groups is 1. The van der Waals surface area contributed by atoms with Crippen molar-refractivity contribution in [3.05, 3.63) is 122 Å². The number of halogens is 1. The number of aromatic nitrogens is 1. The van der Waals surface area contributed by atoms with Crippen LogP contribution in [0.25, 0.3) is 17.0 Å². The van der Waals surface area contributed by atoms with Crippen LogP contribution in [0.15, 0.2) is 89.7 Å². The Morgan fingerprint density at radius 1 is 1.08 bits per heavy atom. The average Bonchev–Trinajstić information content (AvgIpc) is 3.18. The number of nitro groups is 1. The van der Waals surface area contributed by atoms with Crippen molar-refractivity contribution in [1.29, 1.82) is 0 Å². The molecule has 0 saturated carbocycles. The lowest BCUT2D eigenvalue weighted by atomic mass is 10.1. The van der Waals surface area contributed by atoms with E-state index >= 15 is 0 Å². The Morgan fingerprint density at radius 3 is 2.67 bits per heavy atom. The number of nitrogens with zero attached hydrogens (tertiary/aromatic N) is 4. The summed E-state index contributed by atoms with van der Waals surface area (Å²) in [6.07, 6.45) is 2.52. The van der Waals surface area contributed by atoms with E-state index in [9.17, 15) is 14.9 Å². The van der Waals surface area contributed by atoms with E-state index in [1.807, 2.05) is 61.5 Å². The van der Waals surface area contributed by atoms with Crippen LogP contribution >= 0.6 is 11.6 Å². The fraction of sp³-hybridized carbons (Fsp3) is 0.0741. The van der Waals surface area contributed by atoms with Crippen molar-refractivity contribution >= 4 is 46.4 Å². The van der Waals surface area contributed by atoms with E-state index < -0.39 is 11.1 Å². The van der Waals surface area contributed by atoms with Crippen molar-refractivity contribution in [1.82, 2.24) is 15.3 Å². The van der Waals surface area contributed by atoms with Crippen molar-refractivity contribution in [2.24, 2.45) is 5.10 Å². The van der Waals surface area contributed by atoms with E-state index in [1.54, 1.807) is 18.2 Å². The van der Waals surface area contributed by atoms with Crippen LogP contribution in [0.5, 0.6) is 0 Å². The second kappa shape index (κ2) is 9.59. The highest BCUT2D eigenvalue weighted by Crippen LogP contribution is 2.29. The maximum atomic E-state index is 13.4. The van der Waals surface area contributed by atoms with Crippen LogP contribution in [0.1, 0.15) is 28.4 Å².